The SMILES string of the molecule is COc1ccc(B2OC(C)(C)C(C)(C)O2)c(C)c1Cl. The first kappa shape index (κ1) is 14.7. The molecule has 1 fully saturated rings. The molecule has 0 N–H and O–H groups in total. The van der Waals surface area contributed by atoms with Crippen molar-refractivity contribution in [1.29, 1.82) is 0 Å². The van der Waals surface area contributed by atoms with Crippen LogP contribution in [0, 0.1) is 6.92 Å². The summed E-state index contributed by atoms with van der Waals surface area (Å²) >= 11 is 6.28. The molecule has 0 atom stereocenters. The van der Waals surface area contributed by atoms with Gasteiger partial charge in [0.25, 0.3) is 0 Å². The van der Waals surface area contributed by atoms with E-state index in [0.717, 1.165) is 11.0 Å². The van der Waals surface area contributed by atoms with Gasteiger partial charge in [0.05, 0.1) is 23.3 Å². The molecule has 0 saturated carbocycles. The van der Waals surface area contributed by atoms with Crippen LogP contribution in [0.1, 0.15) is 33.3 Å². The van der Waals surface area contributed by atoms with Crippen molar-refractivity contribution >= 4 is 24.2 Å². The zero-order chi connectivity index (χ0) is 14.4. The van der Waals surface area contributed by atoms with Crippen molar-refractivity contribution in [1.82, 2.24) is 0 Å². The lowest BCUT2D eigenvalue weighted by Gasteiger charge is -2.32. The fourth-order valence-electron chi connectivity index (χ4n) is 2.06. The molecular formula is C14H20BClO3. The first-order chi connectivity index (χ1) is 8.69. The van der Waals surface area contributed by atoms with Crippen molar-refractivity contribution in [3.8, 4) is 5.75 Å². The Bertz CT molecular complexity index is 484. The number of rotatable bonds is 2. The Morgan fingerprint density at radius 3 is 2.11 bits per heavy atom. The maximum Gasteiger partial charge on any atom is 0.495 e. The van der Waals surface area contributed by atoms with Gasteiger partial charge in [0.2, 0.25) is 0 Å². The molecule has 1 aromatic rings. The van der Waals surface area contributed by atoms with E-state index in [2.05, 4.69) is 0 Å². The first-order valence-electron chi connectivity index (χ1n) is 6.38. The summed E-state index contributed by atoms with van der Waals surface area (Å²) in [6.07, 6.45) is 0. The third-order valence-corrected chi connectivity index (χ3v) is 4.59. The topological polar surface area (TPSA) is 27.7 Å². The van der Waals surface area contributed by atoms with Gasteiger partial charge in [-0.2, -0.15) is 0 Å². The van der Waals surface area contributed by atoms with Crippen LogP contribution in [0.5, 0.6) is 5.75 Å². The Morgan fingerprint density at radius 1 is 1.11 bits per heavy atom. The molecule has 5 heteroatoms. The molecule has 3 nitrogen and oxygen atoms in total. The summed E-state index contributed by atoms with van der Waals surface area (Å²) in [7, 11) is 1.21. The van der Waals surface area contributed by atoms with Gasteiger partial charge in [-0.15, -0.1) is 0 Å². The monoisotopic (exact) mass is 282 g/mol. The van der Waals surface area contributed by atoms with Crippen LogP contribution in [0.3, 0.4) is 0 Å². The summed E-state index contributed by atoms with van der Waals surface area (Å²) in [5, 5.41) is 0.606. The highest BCUT2D eigenvalue weighted by atomic mass is 35.5. The molecule has 19 heavy (non-hydrogen) atoms. The maximum atomic E-state index is 6.28. The molecule has 0 aromatic heterocycles. The quantitative estimate of drug-likeness (QED) is 0.781. The van der Waals surface area contributed by atoms with Gasteiger partial charge in [-0.25, -0.2) is 0 Å². The van der Waals surface area contributed by atoms with Crippen LogP contribution in [0.25, 0.3) is 0 Å². The molecule has 104 valence electrons. The molecule has 2 rings (SSSR count). The standard InChI is InChI=1S/C14H20BClO3/c1-9-10(7-8-11(17-6)12(9)16)15-18-13(2,3)14(4,5)19-15/h7-8H,1-6H3. The molecule has 1 saturated heterocycles. The number of hydrogen-bond donors (Lipinski definition) is 0. The minimum Gasteiger partial charge on any atom is -0.495 e. The Morgan fingerprint density at radius 2 is 1.63 bits per heavy atom. The van der Waals surface area contributed by atoms with Gasteiger partial charge in [-0.05, 0) is 51.7 Å². The van der Waals surface area contributed by atoms with Gasteiger partial charge < -0.3 is 14.0 Å². The van der Waals surface area contributed by atoms with Gasteiger partial charge in [0, 0.05) is 0 Å². The fourth-order valence-corrected chi connectivity index (χ4v) is 2.31. The van der Waals surface area contributed by atoms with Crippen molar-refractivity contribution in [2.24, 2.45) is 0 Å². The van der Waals surface area contributed by atoms with Crippen molar-refractivity contribution < 1.29 is 14.0 Å². The van der Waals surface area contributed by atoms with E-state index in [0.29, 0.717) is 10.8 Å². The van der Waals surface area contributed by atoms with E-state index in [1.54, 1.807) is 7.11 Å². The van der Waals surface area contributed by atoms with Gasteiger partial charge in [0.15, 0.2) is 0 Å². The Kier molecular flexibility index (Phi) is 3.63. The predicted octanol–water partition coefficient (Wildman–Crippen LogP) is 2.96. The van der Waals surface area contributed by atoms with E-state index in [1.807, 2.05) is 46.8 Å². The summed E-state index contributed by atoms with van der Waals surface area (Å²) in [4.78, 5) is 0. The highest BCUT2D eigenvalue weighted by Crippen LogP contribution is 2.37. The minimum absolute atomic E-state index is 0.351. The van der Waals surface area contributed by atoms with Crippen LogP contribution < -0.4 is 10.2 Å². The molecule has 1 aliphatic heterocycles. The Balaban J connectivity index is 2.38. The maximum absolute atomic E-state index is 6.28. The van der Waals surface area contributed by atoms with Gasteiger partial charge in [-0.3, -0.25) is 0 Å². The van der Waals surface area contributed by atoms with Crippen molar-refractivity contribution in [3.63, 3.8) is 0 Å². The van der Waals surface area contributed by atoms with Gasteiger partial charge >= 0.3 is 7.12 Å². The molecular weight excluding hydrogens is 262 g/mol. The van der Waals surface area contributed by atoms with Crippen molar-refractivity contribution in [3.05, 3.63) is 22.7 Å². The second-order valence-corrected chi connectivity index (χ2v) is 6.26. The first-order valence-corrected chi connectivity index (χ1v) is 6.76. The zero-order valence-electron chi connectivity index (χ0n) is 12.3. The molecule has 0 bridgehead atoms. The van der Waals surface area contributed by atoms with Crippen LogP contribution in [0.2, 0.25) is 5.02 Å². The number of hydrogen-bond acceptors (Lipinski definition) is 3. The highest BCUT2D eigenvalue weighted by Gasteiger charge is 2.52. The van der Waals surface area contributed by atoms with Gasteiger partial charge in [-0.1, -0.05) is 17.7 Å². The second kappa shape index (κ2) is 4.69. The molecule has 0 spiro atoms. The molecule has 1 aliphatic rings. The summed E-state index contributed by atoms with van der Waals surface area (Å²) in [5.74, 6) is 0.666. The minimum atomic E-state index is -0.395. The third-order valence-electron chi connectivity index (χ3n) is 4.12. The van der Waals surface area contributed by atoms with E-state index in [9.17, 15) is 0 Å². The molecule has 1 heterocycles. The summed E-state index contributed by atoms with van der Waals surface area (Å²) in [6, 6.07) is 3.79. The molecule has 0 radical (unpaired) electrons. The Hall–Kier alpha value is -0.705. The number of halogens is 1. The van der Waals surface area contributed by atoms with Crippen LogP contribution in [-0.4, -0.2) is 25.4 Å². The van der Waals surface area contributed by atoms with Crippen molar-refractivity contribution in [2.45, 2.75) is 45.8 Å². The number of methoxy groups -OCH3 is 1. The van der Waals surface area contributed by atoms with E-state index in [1.165, 1.54) is 0 Å². The molecule has 0 aliphatic carbocycles. The smallest absolute Gasteiger partial charge is 0.495 e. The summed E-state index contributed by atoms with van der Waals surface area (Å²) in [6.45, 7) is 10.1. The van der Waals surface area contributed by atoms with Crippen LogP contribution >= 0.6 is 11.6 Å². The third kappa shape index (κ3) is 2.37. The second-order valence-electron chi connectivity index (χ2n) is 5.88. The zero-order valence-corrected chi connectivity index (χ0v) is 13.1. The summed E-state index contributed by atoms with van der Waals surface area (Å²) in [5.41, 5.74) is 1.18. The molecule has 0 unspecified atom stereocenters. The van der Waals surface area contributed by atoms with Crippen LogP contribution in [-0.2, 0) is 9.31 Å². The average molecular weight is 283 g/mol. The van der Waals surface area contributed by atoms with E-state index in [4.69, 9.17) is 25.6 Å². The molecule has 0 amide bonds. The lowest BCUT2D eigenvalue weighted by Crippen LogP contribution is -2.41. The molecule has 1 aromatic carbocycles. The van der Waals surface area contributed by atoms with Crippen LogP contribution in [0.15, 0.2) is 12.1 Å². The van der Waals surface area contributed by atoms with Crippen LogP contribution in [0.4, 0.5) is 0 Å². The largest absolute Gasteiger partial charge is 0.495 e. The van der Waals surface area contributed by atoms with E-state index < -0.39 is 7.12 Å². The number of ether oxygens (including phenoxy) is 1. The summed E-state index contributed by atoms with van der Waals surface area (Å²) < 4.78 is 17.3. The van der Waals surface area contributed by atoms with Gasteiger partial charge in [0.1, 0.15) is 5.75 Å². The fraction of sp³-hybridized carbons (Fsp3) is 0.571. The number of benzene rings is 1. The normalized spacial score (nSPS) is 20.7. The Labute approximate surface area is 120 Å². The average Bonchev–Trinajstić information content (AvgIpc) is 2.51. The van der Waals surface area contributed by atoms with E-state index >= 15 is 0 Å². The predicted molar refractivity (Wildman–Crippen MR) is 78.5 cm³/mol. The highest BCUT2D eigenvalue weighted by molar-refractivity contribution is 6.63. The van der Waals surface area contributed by atoms with E-state index in [-0.39, 0.29) is 11.2 Å². The lowest BCUT2D eigenvalue weighted by molar-refractivity contribution is 0.00578. The lowest BCUT2D eigenvalue weighted by atomic mass is 9.76. The van der Waals surface area contributed by atoms with Crippen molar-refractivity contribution in [2.75, 3.05) is 7.11 Å².